The van der Waals surface area contributed by atoms with Crippen LogP contribution < -0.4 is 9.62 Å². The van der Waals surface area contributed by atoms with Gasteiger partial charge in [-0.3, -0.25) is 13.9 Å². The summed E-state index contributed by atoms with van der Waals surface area (Å²) in [5.74, 6) is -0.924. The molecule has 0 bridgehead atoms. The molecule has 0 radical (unpaired) electrons. The number of hydrogen-bond acceptors (Lipinski definition) is 4. The third kappa shape index (κ3) is 6.37. The standard InChI is InChI=1S/C26H27Cl2N3O4S/c1-19(26(33)29-2)30(17-16-20-10-5-3-6-11-20)24(32)18-31(23-15-9-14-22(27)25(23)28)36(34,35)21-12-7-4-8-13-21/h3-15,19H,16-18H2,1-2H3,(H,29,33). The highest BCUT2D eigenvalue weighted by atomic mass is 35.5. The Morgan fingerprint density at radius 3 is 2.14 bits per heavy atom. The molecule has 0 spiro atoms. The monoisotopic (exact) mass is 547 g/mol. The van der Waals surface area contributed by atoms with Crippen LogP contribution in [0.5, 0.6) is 0 Å². The maximum absolute atomic E-state index is 13.7. The van der Waals surface area contributed by atoms with Crippen molar-refractivity contribution in [1.29, 1.82) is 0 Å². The molecule has 1 unspecified atom stereocenters. The largest absolute Gasteiger partial charge is 0.357 e. The molecule has 0 heterocycles. The fourth-order valence-corrected chi connectivity index (χ4v) is 5.59. The molecule has 3 aromatic rings. The van der Waals surface area contributed by atoms with E-state index in [1.807, 2.05) is 30.3 Å². The highest BCUT2D eigenvalue weighted by molar-refractivity contribution is 7.92. The summed E-state index contributed by atoms with van der Waals surface area (Å²) in [6.45, 7) is 1.23. The average molecular weight is 548 g/mol. The van der Waals surface area contributed by atoms with Gasteiger partial charge in [-0.2, -0.15) is 0 Å². The molecule has 0 saturated heterocycles. The number of hydrogen-bond donors (Lipinski definition) is 1. The Bertz CT molecular complexity index is 1310. The van der Waals surface area contributed by atoms with Crippen molar-refractivity contribution >= 4 is 50.7 Å². The van der Waals surface area contributed by atoms with Crippen molar-refractivity contribution in [3.05, 3.63) is 94.5 Å². The summed E-state index contributed by atoms with van der Waals surface area (Å²) < 4.78 is 28.3. The number of carbonyl (C=O) groups is 2. The first kappa shape index (κ1) is 27.5. The Morgan fingerprint density at radius 2 is 1.53 bits per heavy atom. The quantitative estimate of drug-likeness (QED) is 0.407. The lowest BCUT2D eigenvalue weighted by molar-refractivity contribution is -0.138. The van der Waals surface area contributed by atoms with Gasteiger partial charge in [0.1, 0.15) is 12.6 Å². The number of nitrogens with one attached hydrogen (secondary N) is 1. The molecule has 3 rings (SSSR count). The van der Waals surface area contributed by atoms with E-state index < -0.39 is 28.5 Å². The summed E-state index contributed by atoms with van der Waals surface area (Å²) in [4.78, 5) is 27.5. The molecule has 7 nitrogen and oxygen atoms in total. The van der Waals surface area contributed by atoms with Gasteiger partial charge in [0.2, 0.25) is 11.8 Å². The number of carbonyl (C=O) groups excluding carboxylic acids is 2. The number of nitrogens with zero attached hydrogens (tertiary/aromatic N) is 2. The minimum atomic E-state index is -4.20. The molecule has 190 valence electrons. The van der Waals surface area contributed by atoms with Crippen molar-refractivity contribution in [2.75, 3.05) is 24.4 Å². The number of rotatable bonds is 10. The molecule has 1 N–H and O–H groups in total. The number of anilines is 1. The second-order valence-electron chi connectivity index (χ2n) is 8.01. The Labute approximate surface area is 221 Å². The van der Waals surface area contributed by atoms with Gasteiger partial charge in [0.25, 0.3) is 10.0 Å². The van der Waals surface area contributed by atoms with Crippen LogP contribution in [0.25, 0.3) is 0 Å². The number of likely N-dealkylation sites (N-methyl/N-ethyl adjacent to an activating group) is 1. The van der Waals surface area contributed by atoms with Gasteiger partial charge < -0.3 is 10.2 Å². The minimum absolute atomic E-state index is 0.00154. The summed E-state index contributed by atoms with van der Waals surface area (Å²) in [6.07, 6.45) is 0.483. The van der Waals surface area contributed by atoms with E-state index in [2.05, 4.69) is 5.32 Å². The van der Waals surface area contributed by atoms with Gasteiger partial charge in [-0.15, -0.1) is 0 Å². The van der Waals surface area contributed by atoms with E-state index in [4.69, 9.17) is 23.2 Å². The SMILES string of the molecule is CNC(=O)C(C)N(CCc1ccccc1)C(=O)CN(c1cccc(Cl)c1Cl)S(=O)(=O)c1ccccc1. The molecule has 3 aromatic carbocycles. The predicted octanol–water partition coefficient (Wildman–Crippen LogP) is 4.39. The van der Waals surface area contributed by atoms with Crippen molar-refractivity contribution in [2.24, 2.45) is 0 Å². The molecule has 0 aliphatic heterocycles. The summed E-state index contributed by atoms with van der Waals surface area (Å²) in [6, 6.07) is 21.0. The van der Waals surface area contributed by atoms with Crippen molar-refractivity contribution in [3.8, 4) is 0 Å². The van der Waals surface area contributed by atoms with Crippen LogP contribution in [0.2, 0.25) is 10.0 Å². The molecule has 0 aliphatic carbocycles. The van der Waals surface area contributed by atoms with Crippen LogP contribution in [0.4, 0.5) is 5.69 Å². The van der Waals surface area contributed by atoms with Crippen LogP contribution in [-0.4, -0.2) is 51.3 Å². The third-order valence-electron chi connectivity index (χ3n) is 5.71. The third-order valence-corrected chi connectivity index (χ3v) is 8.29. The lowest BCUT2D eigenvalue weighted by Gasteiger charge is -2.32. The normalized spacial score (nSPS) is 12.0. The molecule has 0 aromatic heterocycles. The van der Waals surface area contributed by atoms with Crippen LogP contribution in [0.15, 0.2) is 83.8 Å². The topological polar surface area (TPSA) is 86.8 Å². The Morgan fingerprint density at radius 1 is 0.917 bits per heavy atom. The van der Waals surface area contributed by atoms with Crippen LogP contribution in [-0.2, 0) is 26.0 Å². The fraction of sp³-hybridized carbons (Fsp3) is 0.231. The first-order valence-corrected chi connectivity index (χ1v) is 13.4. The number of amides is 2. The Hall–Kier alpha value is -3.07. The molecule has 0 aliphatic rings. The molecular weight excluding hydrogens is 521 g/mol. The Kier molecular flexibility index (Phi) is 9.37. The minimum Gasteiger partial charge on any atom is -0.357 e. The van der Waals surface area contributed by atoms with E-state index in [0.717, 1.165) is 9.87 Å². The van der Waals surface area contributed by atoms with Gasteiger partial charge >= 0.3 is 0 Å². The first-order valence-electron chi connectivity index (χ1n) is 11.2. The molecule has 10 heteroatoms. The average Bonchev–Trinajstić information content (AvgIpc) is 2.89. The van der Waals surface area contributed by atoms with Gasteiger partial charge in [-0.25, -0.2) is 8.42 Å². The number of benzene rings is 3. The second kappa shape index (κ2) is 12.3. The van der Waals surface area contributed by atoms with Gasteiger partial charge in [-0.1, -0.05) is 77.8 Å². The van der Waals surface area contributed by atoms with Crippen LogP contribution in [0.1, 0.15) is 12.5 Å². The number of sulfonamides is 1. The zero-order valence-corrected chi connectivity index (χ0v) is 22.2. The van der Waals surface area contributed by atoms with Crippen LogP contribution >= 0.6 is 23.2 Å². The highest BCUT2D eigenvalue weighted by Crippen LogP contribution is 2.35. The molecule has 0 saturated carbocycles. The highest BCUT2D eigenvalue weighted by Gasteiger charge is 2.33. The maximum Gasteiger partial charge on any atom is 0.264 e. The summed E-state index contributed by atoms with van der Waals surface area (Å²) >= 11 is 12.6. The van der Waals surface area contributed by atoms with Crippen molar-refractivity contribution in [3.63, 3.8) is 0 Å². The molecule has 1 atom stereocenters. The first-order chi connectivity index (χ1) is 17.2. The second-order valence-corrected chi connectivity index (χ2v) is 10.7. The fourth-order valence-electron chi connectivity index (χ4n) is 3.70. The van der Waals surface area contributed by atoms with Gasteiger partial charge in [0.15, 0.2) is 0 Å². The lowest BCUT2D eigenvalue weighted by Crippen LogP contribution is -2.51. The van der Waals surface area contributed by atoms with Gasteiger partial charge in [0.05, 0.1) is 20.6 Å². The summed E-state index contributed by atoms with van der Waals surface area (Å²) in [5, 5.41) is 2.70. The van der Waals surface area contributed by atoms with E-state index in [0.29, 0.717) is 6.42 Å². The zero-order chi connectivity index (χ0) is 26.3. The van der Waals surface area contributed by atoms with E-state index >= 15 is 0 Å². The molecular formula is C26H27Cl2N3O4S. The van der Waals surface area contributed by atoms with Crippen molar-refractivity contribution < 1.29 is 18.0 Å². The van der Waals surface area contributed by atoms with Crippen LogP contribution in [0.3, 0.4) is 0 Å². The van der Waals surface area contributed by atoms with Gasteiger partial charge in [-0.05, 0) is 43.2 Å². The van der Waals surface area contributed by atoms with E-state index in [1.54, 1.807) is 31.2 Å². The number of halogens is 2. The van der Waals surface area contributed by atoms with Crippen molar-refractivity contribution in [2.45, 2.75) is 24.3 Å². The predicted molar refractivity (Wildman–Crippen MR) is 143 cm³/mol. The summed E-state index contributed by atoms with van der Waals surface area (Å²) in [5.41, 5.74) is 1.04. The van der Waals surface area contributed by atoms with E-state index in [1.165, 1.54) is 36.2 Å². The molecule has 2 amide bonds. The maximum atomic E-state index is 13.7. The van der Waals surface area contributed by atoms with E-state index in [9.17, 15) is 18.0 Å². The van der Waals surface area contributed by atoms with Crippen molar-refractivity contribution in [1.82, 2.24) is 10.2 Å². The molecule has 36 heavy (non-hydrogen) atoms. The Balaban J connectivity index is 2.00. The smallest absolute Gasteiger partial charge is 0.264 e. The van der Waals surface area contributed by atoms with Gasteiger partial charge in [0, 0.05) is 13.6 Å². The lowest BCUT2D eigenvalue weighted by atomic mass is 10.1. The zero-order valence-electron chi connectivity index (χ0n) is 19.9. The summed E-state index contributed by atoms with van der Waals surface area (Å²) in [7, 11) is -2.72. The van der Waals surface area contributed by atoms with Crippen LogP contribution in [0, 0.1) is 0 Å². The van der Waals surface area contributed by atoms with E-state index in [-0.39, 0.29) is 33.1 Å². The molecule has 0 fully saturated rings.